The number of para-hydroxylation sites is 1. The number of hydrogen-bond donors (Lipinski definition) is 4. The molecular formula is C25H30N4O6. The fraction of sp³-hybridized carbons (Fsp3) is 0.480. The molecule has 35 heavy (non-hydrogen) atoms. The Morgan fingerprint density at radius 3 is 2.54 bits per heavy atom. The van der Waals surface area contributed by atoms with Crippen molar-refractivity contribution in [3.8, 4) is 0 Å². The van der Waals surface area contributed by atoms with Crippen LogP contribution in [0.25, 0.3) is 11.0 Å². The first-order valence-corrected chi connectivity index (χ1v) is 12.1. The second kappa shape index (κ2) is 11.2. The first-order valence-electron chi connectivity index (χ1n) is 12.1. The van der Waals surface area contributed by atoms with Gasteiger partial charge in [0.25, 0.3) is 11.8 Å². The molecule has 1 aliphatic carbocycles. The lowest BCUT2D eigenvalue weighted by atomic mass is 9.93. The number of carbonyl (C=O) groups excluding carboxylic acids is 5. The number of hydrogen-bond acceptors (Lipinski definition) is 6. The van der Waals surface area contributed by atoms with Crippen LogP contribution in [-0.2, 0) is 19.2 Å². The van der Waals surface area contributed by atoms with Gasteiger partial charge >= 0.3 is 0 Å². The Morgan fingerprint density at radius 1 is 1.06 bits per heavy atom. The van der Waals surface area contributed by atoms with E-state index in [0.717, 1.165) is 37.5 Å². The van der Waals surface area contributed by atoms with E-state index in [1.54, 1.807) is 24.3 Å². The molecular weight excluding hydrogens is 452 g/mol. The molecule has 10 heteroatoms. The van der Waals surface area contributed by atoms with E-state index in [1.807, 2.05) is 6.07 Å². The van der Waals surface area contributed by atoms with E-state index in [1.165, 1.54) is 0 Å². The van der Waals surface area contributed by atoms with Crippen LogP contribution in [0.5, 0.6) is 0 Å². The number of rotatable bonds is 9. The average molecular weight is 483 g/mol. The Morgan fingerprint density at radius 2 is 1.83 bits per heavy atom. The van der Waals surface area contributed by atoms with Crippen LogP contribution in [0.1, 0.15) is 55.5 Å². The third-order valence-electron chi connectivity index (χ3n) is 6.56. The molecule has 1 aromatic carbocycles. The molecule has 1 saturated carbocycles. The summed E-state index contributed by atoms with van der Waals surface area (Å²) in [6.07, 6.45) is 5.26. The molecule has 2 aromatic rings. The summed E-state index contributed by atoms with van der Waals surface area (Å²) in [6, 6.07) is 7.48. The Bertz CT molecular complexity index is 1090. The molecule has 0 unspecified atom stereocenters. The predicted molar refractivity (Wildman–Crippen MR) is 126 cm³/mol. The number of Topliss-reactive ketones (excluding diaryl/α,β-unsaturated/α-hetero) is 1. The molecule has 0 spiro atoms. The monoisotopic (exact) mass is 482 g/mol. The van der Waals surface area contributed by atoms with Crippen LogP contribution in [0.3, 0.4) is 0 Å². The van der Waals surface area contributed by atoms with Crippen LogP contribution in [0.2, 0.25) is 0 Å². The van der Waals surface area contributed by atoms with Gasteiger partial charge in [-0.2, -0.15) is 0 Å². The standard InChI is InChI=1S/C25H30N4O6/c30-21(14-27-24(33)20-13-15-6-4-5-9-19(15)35-20)29-18(12-16-10-11-26-23(16)32)22(31)25(34)28-17-7-2-1-3-8-17/h4-6,9,13,16-18H,1-3,7-8,10-12,14H2,(H,26,32)(H,27,33)(H,28,34)(H,29,30)/t16-,18-/m0/s1. The highest BCUT2D eigenvalue weighted by atomic mass is 16.3. The topological polar surface area (TPSA) is 147 Å². The minimum Gasteiger partial charge on any atom is -0.451 e. The van der Waals surface area contributed by atoms with Gasteiger partial charge in [0.2, 0.25) is 17.6 Å². The molecule has 2 aliphatic rings. The van der Waals surface area contributed by atoms with Crippen LogP contribution in [-0.4, -0.2) is 54.6 Å². The summed E-state index contributed by atoms with van der Waals surface area (Å²) in [7, 11) is 0. The average Bonchev–Trinajstić information content (AvgIpc) is 3.48. The Hall–Kier alpha value is -3.69. The van der Waals surface area contributed by atoms with Gasteiger partial charge in [-0.15, -0.1) is 0 Å². The summed E-state index contributed by atoms with van der Waals surface area (Å²) in [5.74, 6) is -3.39. The second-order valence-electron chi connectivity index (χ2n) is 9.14. The summed E-state index contributed by atoms with van der Waals surface area (Å²) < 4.78 is 5.49. The van der Waals surface area contributed by atoms with Crippen molar-refractivity contribution in [1.82, 2.24) is 21.3 Å². The van der Waals surface area contributed by atoms with E-state index in [9.17, 15) is 24.0 Å². The fourth-order valence-corrected chi connectivity index (χ4v) is 4.63. The van der Waals surface area contributed by atoms with Crippen LogP contribution in [0.15, 0.2) is 34.7 Å². The SMILES string of the molecule is O=C(CNC(=O)c1cc2ccccc2o1)N[C@@H](C[C@@H]1CCNC1=O)C(=O)C(=O)NC1CCCCC1. The molecule has 2 fully saturated rings. The van der Waals surface area contributed by atoms with Gasteiger partial charge in [0.1, 0.15) is 5.58 Å². The van der Waals surface area contributed by atoms with Gasteiger partial charge in [-0.1, -0.05) is 37.5 Å². The highest BCUT2D eigenvalue weighted by Crippen LogP contribution is 2.20. The van der Waals surface area contributed by atoms with Crippen LogP contribution in [0.4, 0.5) is 0 Å². The molecule has 1 aliphatic heterocycles. The minimum absolute atomic E-state index is 0.0199. The predicted octanol–water partition coefficient (Wildman–Crippen LogP) is 1.19. The van der Waals surface area contributed by atoms with Crippen molar-refractivity contribution in [3.05, 3.63) is 36.1 Å². The number of ketones is 1. The van der Waals surface area contributed by atoms with Crippen LogP contribution < -0.4 is 21.3 Å². The Kier molecular flexibility index (Phi) is 7.79. The van der Waals surface area contributed by atoms with E-state index >= 15 is 0 Å². The molecule has 0 radical (unpaired) electrons. The van der Waals surface area contributed by atoms with Crippen molar-refractivity contribution < 1.29 is 28.4 Å². The lowest BCUT2D eigenvalue weighted by Gasteiger charge is -2.24. The van der Waals surface area contributed by atoms with E-state index < -0.39 is 42.0 Å². The molecule has 0 bridgehead atoms. The third kappa shape index (κ3) is 6.26. The highest BCUT2D eigenvalue weighted by molar-refractivity contribution is 6.38. The molecule has 4 N–H and O–H groups in total. The number of amides is 4. The first kappa shape index (κ1) is 24.4. The van der Waals surface area contributed by atoms with E-state index in [2.05, 4.69) is 21.3 Å². The van der Waals surface area contributed by atoms with Crippen molar-refractivity contribution in [2.45, 2.75) is 57.0 Å². The quantitative estimate of drug-likeness (QED) is 0.395. The lowest BCUT2D eigenvalue weighted by Crippen LogP contribution is -2.52. The normalized spacial score (nSPS) is 19.1. The molecule has 2 atom stereocenters. The first-order chi connectivity index (χ1) is 16.9. The zero-order valence-corrected chi connectivity index (χ0v) is 19.4. The van der Waals surface area contributed by atoms with Gasteiger partial charge in [0.15, 0.2) is 5.76 Å². The number of benzene rings is 1. The van der Waals surface area contributed by atoms with Gasteiger partial charge in [0, 0.05) is 23.9 Å². The van der Waals surface area contributed by atoms with Gasteiger partial charge in [-0.25, -0.2) is 0 Å². The van der Waals surface area contributed by atoms with Gasteiger partial charge in [0.05, 0.1) is 12.6 Å². The number of fused-ring (bicyclic) bond motifs is 1. The van der Waals surface area contributed by atoms with Crippen LogP contribution in [0, 0.1) is 5.92 Å². The van der Waals surface area contributed by atoms with Gasteiger partial charge in [-0.05, 0) is 37.8 Å². The third-order valence-corrected chi connectivity index (χ3v) is 6.56. The maximum absolute atomic E-state index is 12.9. The maximum atomic E-state index is 12.9. The minimum atomic E-state index is -1.16. The smallest absolute Gasteiger partial charge is 0.289 e. The summed E-state index contributed by atoms with van der Waals surface area (Å²) in [5.41, 5.74) is 0.548. The van der Waals surface area contributed by atoms with E-state index in [4.69, 9.17) is 4.42 Å². The molecule has 10 nitrogen and oxygen atoms in total. The van der Waals surface area contributed by atoms with E-state index in [-0.39, 0.29) is 24.1 Å². The molecule has 1 saturated heterocycles. The van der Waals surface area contributed by atoms with Crippen molar-refractivity contribution in [2.24, 2.45) is 5.92 Å². The zero-order chi connectivity index (χ0) is 24.8. The molecule has 2 heterocycles. The van der Waals surface area contributed by atoms with Crippen LogP contribution >= 0.6 is 0 Å². The lowest BCUT2D eigenvalue weighted by molar-refractivity contribution is -0.141. The number of carbonyl (C=O) groups is 5. The van der Waals surface area contributed by atoms with Crippen molar-refractivity contribution in [1.29, 1.82) is 0 Å². The molecule has 186 valence electrons. The number of nitrogens with one attached hydrogen (secondary N) is 4. The summed E-state index contributed by atoms with van der Waals surface area (Å²) in [4.78, 5) is 62.6. The van der Waals surface area contributed by atoms with Crippen molar-refractivity contribution in [2.75, 3.05) is 13.1 Å². The molecule has 4 amide bonds. The van der Waals surface area contributed by atoms with E-state index in [0.29, 0.717) is 18.5 Å². The number of furan rings is 1. The summed E-state index contributed by atoms with van der Waals surface area (Å²) >= 11 is 0. The zero-order valence-electron chi connectivity index (χ0n) is 19.4. The summed E-state index contributed by atoms with van der Waals surface area (Å²) in [5, 5.41) is 11.2. The van der Waals surface area contributed by atoms with Crippen molar-refractivity contribution in [3.63, 3.8) is 0 Å². The fourth-order valence-electron chi connectivity index (χ4n) is 4.63. The van der Waals surface area contributed by atoms with Gasteiger partial charge in [-0.3, -0.25) is 24.0 Å². The maximum Gasteiger partial charge on any atom is 0.289 e. The Labute approximate surface area is 202 Å². The summed E-state index contributed by atoms with van der Waals surface area (Å²) in [6.45, 7) is 0.0704. The Balaban J connectivity index is 1.36. The molecule has 4 rings (SSSR count). The highest BCUT2D eigenvalue weighted by Gasteiger charge is 2.34. The van der Waals surface area contributed by atoms with Crippen molar-refractivity contribution >= 4 is 40.4 Å². The largest absolute Gasteiger partial charge is 0.451 e. The van der Waals surface area contributed by atoms with Gasteiger partial charge < -0.3 is 25.7 Å². The molecule has 1 aromatic heterocycles. The second-order valence-corrected chi connectivity index (χ2v) is 9.14.